The standard InChI is InChI=1S/C24H26N4O2/c1-2-17(3-1)22-27-28-23(30-22)26-19-8-9-21(25-14-19)16-4-6-18(7-5-16)24-12-10-20(11-13-24)29-15-24/h4-9,14,17,20H,1-3,10-13,15H2,(H,26,28). The number of fused-ring (bicyclic) bond motifs is 3. The molecule has 2 aromatic heterocycles. The van der Waals surface area contributed by atoms with E-state index in [9.17, 15) is 0 Å². The van der Waals surface area contributed by atoms with Crippen molar-refractivity contribution in [2.45, 2.75) is 62.4 Å². The summed E-state index contributed by atoms with van der Waals surface area (Å²) in [6.45, 7) is 0.869. The van der Waals surface area contributed by atoms with E-state index in [4.69, 9.17) is 9.15 Å². The Balaban J connectivity index is 1.15. The fraction of sp³-hybridized carbons (Fsp3) is 0.458. The molecule has 7 rings (SSSR count). The lowest BCUT2D eigenvalue weighted by molar-refractivity contribution is -0.0792. The number of ether oxygens (including phenoxy) is 1. The number of hydrogen-bond donors (Lipinski definition) is 1. The van der Waals surface area contributed by atoms with Gasteiger partial charge < -0.3 is 14.5 Å². The van der Waals surface area contributed by atoms with Crippen LogP contribution in [0.2, 0.25) is 0 Å². The monoisotopic (exact) mass is 402 g/mol. The molecule has 6 nitrogen and oxygen atoms in total. The van der Waals surface area contributed by atoms with Crippen LogP contribution in [0.1, 0.15) is 62.3 Å². The summed E-state index contributed by atoms with van der Waals surface area (Å²) in [5.41, 5.74) is 4.54. The van der Waals surface area contributed by atoms with Gasteiger partial charge in [-0.1, -0.05) is 35.8 Å². The molecule has 1 N–H and O–H groups in total. The van der Waals surface area contributed by atoms with Gasteiger partial charge in [-0.05, 0) is 56.2 Å². The van der Waals surface area contributed by atoms with Crippen LogP contribution in [0.25, 0.3) is 11.3 Å². The molecule has 2 saturated heterocycles. The Morgan fingerprint density at radius 1 is 0.933 bits per heavy atom. The van der Waals surface area contributed by atoms with Gasteiger partial charge in [0.15, 0.2) is 0 Å². The molecular formula is C24H26N4O2. The molecule has 30 heavy (non-hydrogen) atoms. The van der Waals surface area contributed by atoms with Gasteiger partial charge in [-0.3, -0.25) is 4.98 Å². The van der Waals surface area contributed by atoms with Crippen molar-refractivity contribution < 1.29 is 9.15 Å². The van der Waals surface area contributed by atoms with E-state index in [0.29, 0.717) is 18.0 Å². The fourth-order valence-electron chi connectivity index (χ4n) is 4.97. The Morgan fingerprint density at radius 3 is 2.40 bits per heavy atom. The lowest BCUT2D eigenvalue weighted by Gasteiger charge is -2.46. The smallest absolute Gasteiger partial charge is 0.320 e. The van der Waals surface area contributed by atoms with Gasteiger partial charge in [-0.2, -0.15) is 0 Å². The van der Waals surface area contributed by atoms with Crippen LogP contribution in [-0.4, -0.2) is 27.9 Å². The first kappa shape index (κ1) is 18.1. The number of aromatic nitrogens is 3. The minimum atomic E-state index is 0.219. The van der Waals surface area contributed by atoms with Crippen LogP contribution in [0.3, 0.4) is 0 Å². The molecule has 4 aliphatic rings. The zero-order valence-corrected chi connectivity index (χ0v) is 17.0. The Bertz CT molecular complexity index is 1000. The summed E-state index contributed by atoms with van der Waals surface area (Å²) in [4.78, 5) is 4.62. The van der Waals surface area contributed by atoms with Gasteiger partial charge in [0.2, 0.25) is 5.89 Å². The van der Waals surface area contributed by atoms with E-state index in [-0.39, 0.29) is 5.41 Å². The van der Waals surface area contributed by atoms with Crippen LogP contribution in [-0.2, 0) is 10.2 Å². The van der Waals surface area contributed by atoms with Gasteiger partial charge in [0.25, 0.3) is 0 Å². The topological polar surface area (TPSA) is 73.1 Å². The molecule has 2 aliphatic heterocycles. The number of pyridine rings is 1. The lowest BCUT2D eigenvalue weighted by atomic mass is 9.67. The second kappa shape index (κ2) is 7.20. The number of rotatable bonds is 5. The molecular weight excluding hydrogens is 376 g/mol. The van der Waals surface area contributed by atoms with Crippen molar-refractivity contribution in [2.24, 2.45) is 0 Å². The third-order valence-corrected chi connectivity index (χ3v) is 7.19. The molecule has 2 saturated carbocycles. The summed E-state index contributed by atoms with van der Waals surface area (Å²) >= 11 is 0. The second-order valence-electron chi connectivity index (χ2n) is 9.00. The van der Waals surface area contributed by atoms with Crippen molar-refractivity contribution in [1.29, 1.82) is 0 Å². The molecule has 4 heterocycles. The first-order valence-electron chi connectivity index (χ1n) is 11.1. The summed E-state index contributed by atoms with van der Waals surface area (Å²) in [5.74, 6) is 1.18. The molecule has 3 aromatic rings. The molecule has 0 atom stereocenters. The zero-order chi connectivity index (χ0) is 20.0. The fourth-order valence-corrected chi connectivity index (χ4v) is 4.97. The van der Waals surface area contributed by atoms with Gasteiger partial charge in [0.05, 0.1) is 30.3 Å². The van der Waals surface area contributed by atoms with Gasteiger partial charge in [-0.15, -0.1) is 5.10 Å². The lowest BCUT2D eigenvalue weighted by Crippen LogP contribution is -2.45. The van der Waals surface area contributed by atoms with E-state index in [2.05, 4.69) is 44.8 Å². The summed E-state index contributed by atoms with van der Waals surface area (Å²) in [6.07, 6.45) is 10.7. The number of nitrogens with zero attached hydrogens (tertiary/aromatic N) is 3. The van der Waals surface area contributed by atoms with Gasteiger partial charge in [0, 0.05) is 16.9 Å². The number of hydrogen-bond acceptors (Lipinski definition) is 6. The number of nitrogens with one attached hydrogen (secondary N) is 1. The van der Waals surface area contributed by atoms with Crippen LogP contribution >= 0.6 is 0 Å². The van der Waals surface area contributed by atoms with Crippen molar-refractivity contribution in [1.82, 2.24) is 15.2 Å². The van der Waals surface area contributed by atoms with Crippen molar-refractivity contribution >= 4 is 11.7 Å². The van der Waals surface area contributed by atoms with E-state index >= 15 is 0 Å². The minimum Gasteiger partial charge on any atom is -0.408 e. The second-order valence-corrected chi connectivity index (χ2v) is 9.00. The van der Waals surface area contributed by atoms with E-state index in [1.807, 2.05) is 18.3 Å². The van der Waals surface area contributed by atoms with Crippen LogP contribution in [0.4, 0.5) is 11.7 Å². The Kier molecular flexibility index (Phi) is 4.34. The molecule has 0 unspecified atom stereocenters. The van der Waals surface area contributed by atoms with Crippen molar-refractivity contribution in [3.8, 4) is 11.3 Å². The Morgan fingerprint density at radius 2 is 1.77 bits per heavy atom. The number of anilines is 2. The molecule has 1 aromatic carbocycles. The van der Waals surface area contributed by atoms with Gasteiger partial charge >= 0.3 is 6.01 Å². The SMILES string of the molecule is c1cc(-c2ccc(C34CCC(CC3)OC4)cc2)ncc1Nc1nnc(C2CCC2)o1. The van der Waals surface area contributed by atoms with E-state index < -0.39 is 0 Å². The molecule has 6 heteroatoms. The van der Waals surface area contributed by atoms with Crippen LogP contribution in [0, 0.1) is 0 Å². The zero-order valence-electron chi connectivity index (χ0n) is 17.0. The summed E-state index contributed by atoms with van der Waals surface area (Å²) in [5, 5.41) is 11.4. The third kappa shape index (κ3) is 3.19. The van der Waals surface area contributed by atoms with E-state index in [0.717, 1.165) is 42.3 Å². The van der Waals surface area contributed by atoms with Gasteiger partial charge in [0.1, 0.15) is 0 Å². The van der Waals surface area contributed by atoms with Crippen molar-refractivity contribution in [2.75, 3.05) is 11.9 Å². The normalized spacial score (nSPS) is 25.8. The third-order valence-electron chi connectivity index (χ3n) is 7.19. The van der Waals surface area contributed by atoms with E-state index in [1.54, 1.807) is 0 Å². The first-order valence-corrected chi connectivity index (χ1v) is 11.1. The minimum absolute atomic E-state index is 0.219. The summed E-state index contributed by atoms with van der Waals surface area (Å²) in [7, 11) is 0. The van der Waals surface area contributed by atoms with Crippen LogP contribution < -0.4 is 5.32 Å². The van der Waals surface area contributed by atoms with Crippen LogP contribution in [0.5, 0.6) is 0 Å². The highest BCUT2D eigenvalue weighted by Crippen LogP contribution is 2.45. The average Bonchev–Trinajstić information content (AvgIpc) is 3.22. The largest absolute Gasteiger partial charge is 0.408 e. The summed E-state index contributed by atoms with van der Waals surface area (Å²) in [6, 6.07) is 13.3. The predicted octanol–water partition coefficient (Wildman–Crippen LogP) is 5.35. The Hall–Kier alpha value is -2.73. The summed E-state index contributed by atoms with van der Waals surface area (Å²) < 4.78 is 11.7. The maximum Gasteiger partial charge on any atom is 0.320 e. The van der Waals surface area contributed by atoms with Crippen LogP contribution in [0.15, 0.2) is 47.0 Å². The molecule has 0 radical (unpaired) electrons. The highest BCUT2D eigenvalue weighted by molar-refractivity contribution is 5.63. The highest BCUT2D eigenvalue weighted by Gasteiger charge is 2.42. The maximum absolute atomic E-state index is 6.00. The maximum atomic E-state index is 6.00. The van der Waals surface area contributed by atoms with Crippen molar-refractivity contribution in [3.05, 3.63) is 54.0 Å². The molecule has 154 valence electrons. The first-order chi connectivity index (χ1) is 14.8. The average molecular weight is 402 g/mol. The quantitative estimate of drug-likeness (QED) is 0.620. The number of benzene rings is 1. The Labute approximate surface area is 176 Å². The molecule has 0 spiro atoms. The van der Waals surface area contributed by atoms with E-state index in [1.165, 1.54) is 37.7 Å². The molecule has 2 aliphatic carbocycles. The van der Waals surface area contributed by atoms with Gasteiger partial charge in [-0.25, -0.2) is 0 Å². The molecule has 4 fully saturated rings. The highest BCUT2D eigenvalue weighted by atomic mass is 16.5. The predicted molar refractivity (Wildman–Crippen MR) is 114 cm³/mol. The molecule has 2 bridgehead atoms. The molecule has 0 amide bonds. The van der Waals surface area contributed by atoms with Crippen molar-refractivity contribution in [3.63, 3.8) is 0 Å².